The maximum absolute atomic E-state index is 9.73. The molecule has 0 bridgehead atoms. The number of fused-ring (bicyclic) bond motifs is 1. The molecule has 4 nitrogen and oxygen atoms in total. The van der Waals surface area contributed by atoms with Crippen molar-refractivity contribution in [3.05, 3.63) is 36.5 Å². The molecular formula is C15H21BNO3. The van der Waals surface area contributed by atoms with Gasteiger partial charge in [-0.2, -0.15) is 0 Å². The maximum atomic E-state index is 9.73. The van der Waals surface area contributed by atoms with Crippen LogP contribution in [-0.4, -0.2) is 40.9 Å². The van der Waals surface area contributed by atoms with E-state index < -0.39 is 12.2 Å². The Kier molecular flexibility index (Phi) is 5.23. The van der Waals surface area contributed by atoms with E-state index in [0.717, 1.165) is 10.9 Å². The van der Waals surface area contributed by atoms with E-state index in [2.05, 4.69) is 0 Å². The van der Waals surface area contributed by atoms with E-state index >= 15 is 0 Å². The van der Waals surface area contributed by atoms with Crippen molar-refractivity contribution in [3.8, 4) is 0 Å². The van der Waals surface area contributed by atoms with Crippen LogP contribution in [0.15, 0.2) is 36.5 Å². The molecule has 1 radical (unpaired) electrons. The summed E-state index contributed by atoms with van der Waals surface area (Å²) in [7, 11) is 2.00. The highest BCUT2D eigenvalue weighted by Crippen LogP contribution is 2.31. The van der Waals surface area contributed by atoms with Gasteiger partial charge in [0.2, 0.25) is 0 Å². The minimum absolute atomic E-state index is 0.142. The Hall–Kier alpha value is -1.30. The quantitative estimate of drug-likeness (QED) is 0.824. The van der Waals surface area contributed by atoms with Gasteiger partial charge in [0.1, 0.15) is 19.6 Å². The van der Waals surface area contributed by atoms with Crippen LogP contribution in [0.5, 0.6) is 0 Å². The standard InChI is InChI=1S/C13H15NO3.C2H6B/c15-8-12-11(16)7-13(17-12)14-6-5-9-3-1-2-4-10(9)14;1-3-2/h1-6,11-13,15-16H,7-8H2;1-2H3/t11-,12-,13-;/m1./s1. The number of nitrogens with zero attached hydrogens (tertiary/aromatic N) is 1. The van der Waals surface area contributed by atoms with E-state index in [1.807, 2.05) is 62.0 Å². The SMILES string of the molecule is C[B]C.OC[C@H]1O[C@@H](n2ccc3ccccc32)C[C@H]1O. The van der Waals surface area contributed by atoms with Gasteiger partial charge < -0.3 is 19.5 Å². The molecule has 2 N–H and O–H groups in total. The fourth-order valence-corrected chi connectivity index (χ4v) is 2.41. The van der Waals surface area contributed by atoms with E-state index in [-0.39, 0.29) is 12.8 Å². The number of aliphatic hydroxyl groups is 2. The lowest BCUT2D eigenvalue weighted by atomic mass is 9.88. The summed E-state index contributed by atoms with van der Waals surface area (Å²) in [6.45, 7) is 3.86. The van der Waals surface area contributed by atoms with Crippen LogP contribution in [0.4, 0.5) is 0 Å². The third kappa shape index (κ3) is 3.06. The molecule has 5 heteroatoms. The van der Waals surface area contributed by atoms with Gasteiger partial charge in [0.05, 0.1) is 18.2 Å². The summed E-state index contributed by atoms with van der Waals surface area (Å²) in [5, 5.41) is 20.0. The Balaban J connectivity index is 0.000000452. The maximum Gasteiger partial charge on any atom is 0.137 e. The Labute approximate surface area is 120 Å². The van der Waals surface area contributed by atoms with Crippen LogP contribution in [0.1, 0.15) is 12.6 Å². The minimum atomic E-state index is -0.592. The van der Waals surface area contributed by atoms with Crippen molar-refractivity contribution >= 4 is 18.2 Å². The molecule has 20 heavy (non-hydrogen) atoms. The number of ether oxygens (including phenoxy) is 1. The Bertz CT molecular complexity index is 543. The predicted octanol–water partition coefficient (Wildman–Crippen LogP) is 2.07. The molecule has 1 aliphatic heterocycles. The Morgan fingerprint density at radius 2 is 2.00 bits per heavy atom. The molecule has 1 aliphatic rings. The van der Waals surface area contributed by atoms with Crippen molar-refractivity contribution in [1.82, 2.24) is 4.57 Å². The van der Waals surface area contributed by atoms with Crippen molar-refractivity contribution in [2.24, 2.45) is 0 Å². The molecule has 1 fully saturated rings. The second-order valence-electron chi connectivity index (χ2n) is 4.97. The lowest BCUT2D eigenvalue weighted by molar-refractivity contribution is -0.0428. The van der Waals surface area contributed by atoms with Crippen molar-refractivity contribution in [3.63, 3.8) is 0 Å². The molecule has 0 saturated carbocycles. The summed E-state index contributed by atoms with van der Waals surface area (Å²) in [5.74, 6) is 0. The van der Waals surface area contributed by atoms with Crippen LogP contribution in [0.25, 0.3) is 10.9 Å². The first-order valence-corrected chi connectivity index (χ1v) is 6.95. The number of hydrogen-bond donors (Lipinski definition) is 2. The molecule has 1 aromatic heterocycles. The highest BCUT2D eigenvalue weighted by Gasteiger charge is 2.34. The summed E-state index contributed by atoms with van der Waals surface area (Å²) >= 11 is 0. The summed E-state index contributed by atoms with van der Waals surface area (Å²) in [6.07, 6.45) is 1.22. The number of rotatable bonds is 2. The van der Waals surface area contributed by atoms with Crippen LogP contribution < -0.4 is 0 Å². The summed E-state index contributed by atoms with van der Waals surface area (Å²) in [5.41, 5.74) is 1.09. The van der Waals surface area contributed by atoms with Gasteiger partial charge in [0, 0.05) is 12.6 Å². The zero-order chi connectivity index (χ0) is 14.5. The molecule has 3 rings (SSSR count). The molecule has 0 amide bonds. The zero-order valence-corrected chi connectivity index (χ0v) is 11.9. The fraction of sp³-hybridized carbons (Fsp3) is 0.467. The van der Waals surface area contributed by atoms with Crippen LogP contribution >= 0.6 is 0 Å². The average Bonchev–Trinajstić information content (AvgIpc) is 3.02. The highest BCUT2D eigenvalue weighted by molar-refractivity contribution is 6.31. The van der Waals surface area contributed by atoms with E-state index in [1.54, 1.807) is 0 Å². The van der Waals surface area contributed by atoms with Gasteiger partial charge in [-0.1, -0.05) is 31.8 Å². The number of aliphatic hydroxyl groups excluding tert-OH is 2. The molecule has 0 unspecified atom stereocenters. The molecule has 1 saturated heterocycles. The largest absolute Gasteiger partial charge is 0.394 e. The van der Waals surface area contributed by atoms with Crippen molar-refractivity contribution in [2.45, 2.75) is 38.5 Å². The number of para-hydroxylation sites is 1. The van der Waals surface area contributed by atoms with Crippen molar-refractivity contribution in [2.75, 3.05) is 6.61 Å². The molecule has 1 aromatic carbocycles. The first-order chi connectivity index (χ1) is 9.71. The van der Waals surface area contributed by atoms with Gasteiger partial charge in [-0.05, 0) is 17.5 Å². The molecule has 3 atom stereocenters. The van der Waals surface area contributed by atoms with Gasteiger partial charge in [-0.3, -0.25) is 0 Å². The molecule has 2 heterocycles. The van der Waals surface area contributed by atoms with Gasteiger partial charge >= 0.3 is 0 Å². The third-order valence-electron chi connectivity index (χ3n) is 3.32. The minimum Gasteiger partial charge on any atom is -0.394 e. The van der Waals surface area contributed by atoms with E-state index in [9.17, 15) is 5.11 Å². The molecule has 0 spiro atoms. The predicted molar refractivity (Wildman–Crippen MR) is 81.0 cm³/mol. The number of hydrogen-bond acceptors (Lipinski definition) is 3. The lowest BCUT2D eigenvalue weighted by Gasteiger charge is -2.14. The third-order valence-corrected chi connectivity index (χ3v) is 3.32. The van der Waals surface area contributed by atoms with E-state index in [4.69, 9.17) is 9.84 Å². The van der Waals surface area contributed by atoms with E-state index in [0.29, 0.717) is 6.42 Å². The monoisotopic (exact) mass is 274 g/mol. The molecular weight excluding hydrogens is 253 g/mol. The Morgan fingerprint density at radius 1 is 1.30 bits per heavy atom. The molecule has 107 valence electrons. The normalized spacial score (nSPS) is 25.3. The van der Waals surface area contributed by atoms with Crippen LogP contribution in [0.3, 0.4) is 0 Å². The summed E-state index contributed by atoms with van der Waals surface area (Å²) in [6, 6.07) is 10.1. The zero-order valence-electron chi connectivity index (χ0n) is 11.9. The number of benzene rings is 1. The average molecular weight is 274 g/mol. The van der Waals surface area contributed by atoms with Crippen molar-refractivity contribution < 1.29 is 14.9 Å². The highest BCUT2D eigenvalue weighted by atomic mass is 16.5. The van der Waals surface area contributed by atoms with Crippen molar-refractivity contribution in [1.29, 1.82) is 0 Å². The van der Waals surface area contributed by atoms with Crippen LogP contribution in [0.2, 0.25) is 13.6 Å². The van der Waals surface area contributed by atoms with Gasteiger partial charge in [0.15, 0.2) is 0 Å². The topological polar surface area (TPSA) is 54.6 Å². The first kappa shape index (κ1) is 15.1. The number of aromatic nitrogens is 1. The van der Waals surface area contributed by atoms with Crippen LogP contribution in [0, 0.1) is 0 Å². The first-order valence-electron chi connectivity index (χ1n) is 6.95. The van der Waals surface area contributed by atoms with Gasteiger partial charge in [-0.25, -0.2) is 0 Å². The smallest absolute Gasteiger partial charge is 0.137 e. The second kappa shape index (κ2) is 6.93. The lowest BCUT2D eigenvalue weighted by Crippen LogP contribution is -2.24. The van der Waals surface area contributed by atoms with E-state index in [1.165, 1.54) is 0 Å². The van der Waals surface area contributed by atoms with Crippen LogP contribution in [-0.2, 0) is 4.74 Å². The summed E-state index contributed by atoms with van der Waals surface area (Å²) < 4.78 is 7.65. The summed E-state index contributed by atoms with van der Waals surface area (Å²) in [4.78, 5) is 0. The Morgan fingerprint density at radius 3 is 2.65 bits per heavy atom. The second-order valence-corrected chi connectivity index (χ2v) is 4.97. The molecule has 2 aromatic rings. The fourth-order valence-electron chi connectivity index (χ4n) is 2.41. The molecule has 0 aliphatic carbocycles. The van der Waals surface area contributed by atoms with Gasteiger partial charge in [0.25, 0.3) is 0 Å². The van der Waals surface area contributed by atoms with Gasteiger partial charge in [-0.15, -0.1) is 0 Å².